The van der Waals surface area contributed by atoms with Crippen molar-refractivity contribution in [3.63, 3.8) is 0 Å². The van der Waals surface area contributed by atoms with Crippen molar-refractivity contribution in [3.8, 4) is 0 Å². The number of allylic oxidation sites excluding steroid dienone is 1. The molecule has 146 valence electrons. The number of nitrogens with zero attached hydrogens (tertiary/aromatic N) is 2. The van der Waals surface area contributed by atoms with Crippen molar-refractivity contribution >= 4 is 34.2 Å². The van der Waals surface area contributed by atoms with Gasteiger partial charge in [0.25, 0.3) is 5.69 Å². The largest absolute Gasteiger partial charge is 0.419 e. The summed E-state index contributed by atoms with van der Waals surface area (Å²) in [5, 5.41) is 10.9. The first-order valence-corrected chi connectivity index (χ1v) is 8.99. The normalized spacial score (nSPS) is 11.4. The van der Waals surface area contributed by atoms with Gasteiger partial charge in [-0.15, -0.1) is 0 Å². The molecule has 0 bridgehead atoms. The molecule has 0 aliphatic heterocycles. The number of Topliss-reactive ketones (excluding diaryl/α,β-unsaturated/α-hetero) is 1. The lowest BCUT2D eigenvalue weighted by molar-refractivity contribution is -0.384. The first kappa shape index (κ1) is 18.9. The van der Waals surface area contributed by atoms with Crippen molar-refractivity contribution in [2.75, 3.05) is 0 Å². The summed E-state index contributed by atoms with van der Waals surface area (Å²) in [6.45, 7) is 0. The number of para-hydroxylation sites is 2. The Morgan fingerprint density at radius 3 is 2.30 bits per heavy atom. The summed E-state index contributed by atoms with van der Waals surface area (Å²) < 4.78 is 5.35. The number of carbonyl (C=O) groups excluding carboxylic acids is 1. The highest BCUT2D eigenvalue weighted by Gasteiger charge is 2.21. The van der Waals surface area contributed by atoms with Crippen molar-refractivity contribution in [1.29, 1.82) is 0 Å². The molecule has 0 spiro atoms. The summed E-state index contributed by atoms with van der Waals surface area (Å²) in [5.74, 6) is -0.413. The molecule has 0 N–H and O–H groups in total. The zero-order valence-electron chi connectivity index (χ0n) is 15.5. The fourth-order valence-electron chi connectivity index (χ4n) is 2.97. The summed E-state index contributed by atoms with van der Waals surface area (Å²) in [4.78, 5) is 40.6. The minimum Gasteiger partial charge on any atom is -0.419 e. The number of hydrogen-bond acceptors (Lipinski definition) is 6. The maximum absolute atomic E-state index is 13.2. The van der Waals surface area contributed by atoms with Crippen molar-refractivity contribution in [2.24, 2.45) is 0 Å². The molecule has 0 fully saturated rings. The number of non-ortho nitro benzene ring substituents is 1. The van der Waals surface area contributed by atoms with Gasteiger partial charge in [-0.05, 0) is 35.9 Å². The first-order chi connectivity index (χ1) is 14.5. The van der Waals surface area contributed by atoms with Gasteiger partial charge in [-0.25, -0.2) is 9.78 Å². The second kappa shape index (κ2) is 7.92. The minimum absolute atomic E-state index is 0.0366. The number of nitro groups is 1. The van der Waals surface area contributed by atoms with Gasteiger partial charge in [-0.3, -0.25) is 14.9 Å². The van der Waals surface area contributed by atoms with Gasteiger partial charge in [-0.1, -0.05) is 42.5 Å². The lowest BCUT2D eigenvalue weighted by atomic mass is 9.98. The van der Waals surface area contributed by atoms with E-state index in [0.717, 1.165) is 0 Å². The Morgan fingerprint density at radius 1 is 0.933 bits per heavy atom. The fraction of sp³-hybridized carbons (Fsp3) is 0. The van der Waals surface area contributed by atoms with Gasteiger partial charge in [0.15, 0.2) is 17.1 Å². The molecule has 0 saturated heterocycles. The van der Waals surface area contributed by atoms with Crippen LogP contribution < -0.4 is 5.63 Å². The number of carbonyl (C=O) groups is 1. The van der Waals surface area contributed by atoms with E-state index in [1.807, 2.05) is 0 Å². The van der Waals surface area contributed by atoms with Crippen molar-refractivity contribution in [3.05, 3.63) is 116 Å². The number of nitro benzene ring substituents is 1. The summed E-state index contributed by atoms with van der Waals surface area (Å²) in [6, 6.07) is 20.9. The third kappa shape index (κ3) is 3.77. The average molecular weight is 398 g/mol. The molecule has 1 heterocycles. The van der Waals surface area contributed by atoms with Crippen LogP contribution in [0.4, 0.5) is 5.69 Å². The number of hydrogen-bond donors (Lipinski definition) is 0. The topological polar surface area (TPSA) is 103 Å². The molecule has 0 saturated carbocycles. The Balaban J connectivity index is 1.90. The van der Waals surface area contributed by atoms with Crippen LogP contribution in [0.15, 0.2) is 88.1 Å². The molecule has 0 atom stereocenters. The zero-order valence-corrected chi connectivity index (χ0v) is 15.5. The Labute approximate surface area is 170 Å². The lowest BCUT2D eigenvalue weighted by Crippen LogP contribution is -2.15. The van der Waals surface area contributed by atoms with Crippen LogP contribution in [0.3, 0.4) is 0 Å². The average Bonchev–Trinajstić information content (AvgIpc) is 2.77. The molecule has 3 aromatic carbocycles. The molecule has 0 aliphatic rings. The van der Waals surface area contributed by atoms with Crippen LogP contribution in [-0.4, -0.2) is 15.7 Å². The van der Waals surface area contributed by atoms with Gasteiger partial charge in [-0.2, -0.15) is 0 Å². The van der Waals surface area contributed by atoms with Crippen LogP contribution in [0.1, 0.15) is 21.6 Å². The number of aromatic nitrogens is 1. The quantitative estimate of drug-likeness (QED) is 0.212. The van der Waals surface area contributed by atoms with Crippen molar-refractivity contribution < 1.29 is 14.1 Å². The van der Waals surface area contributed by atoms with E-state index in [2.05, 4.69) is 4.98 Å². The van der Waals surface area contributed by atoms with Crippen LogP contribution in [-0.2, 0) is 0 Å². The highest BCUT2D eigenvalue weighted by Crippen LogP contribution is 2.23. The zero-order chi connectivity index (χ0) is 21.1. The van der Waals surface area contributed by atoms with Crippen molar-refractivity contribution in [2.45, 2.75) is 0 Å². The van der Waals surface area contributed by atoms with E-state index in [0.29, 0.717) is 22.2 Å². The van der Waals surface area contributed by atoms with Gasteiger partial charge in [0.05, 0.1) is 10.5 Å². The number of rotatable bonds is 5. The predicted molar refractivity (Wildman–Crippen MR) is 112 cm³/mol. The second-order valence-corrected chi connectivity index (χ2v) is 6.42. The second-order valence-electron chi connectivity index (χ2n) is 6.42. The SMILES string of the molecule is O=C(C(=Cc1ccc([N+](=O)[O-])cc1)c1nc2ccccc2oc1=O)c1ccccc1. The molecule has 30 heavy (non-hydrogen) atoms. The van der Waals surface area contributed by atoms with E-state index in [4.69, 9.17) is 4.42 Å². The molecule has 1 aromatic heterocycles. The van der Waals surface area contributed by atoms with Gasteiger partial charge in [0.1, 0.15) is 5.52 Å². The molecule has 0 unspecified atom stereocenters. The third-order valence-electron chi connectivity index (χ3n) is 4.44. The summed E-state index contributed by atoms with van der Waals surface area (Å²) >= 11 is 0. The van der Waals surface area contributed by atoms with Gasteiger partial charge in [0, 0.05) is 17.7 Å². The maximum atomic E-state index is 13.2. The monoisotopic (exact) mass is 398 g/mol. The highest BCUT2D eigenvalue weighted by atomic mass is 16.6. The molecular weight excluding hydrogens is 384 g/mol. The molecule has 4 aromatic rings. The molecular formula is C23H14N2O5. The Bertz CT molecular complexity index is 1340. The molecule has 0 amide bonds. The Hall–Kier alpha value is -4.39. The molecule has 7 heteroatoms. The van der Waals surface area contributed by atoms with E-state index in [-0.39, 0.29) is 17.0 Å². The minimum atomic E-state index is -0.744. The van der Waals surface area contributed by atoms with Gasteiger partial charge < -0.3 is 4.42 Å². The van der Waals surface area contributed by atoms with Crippen LogP contribution in [0, 0.1) is 10.1 Å². The molecule has 0 radical (unpaired) electrons. The van der Waals surface area contributed by atoms with E-state index in [1.54, 1.807) is 54.6 Å². The first-order valence-electron chi connectivity index (χ1n) is 8.99. The highest BCUT2D eigenvalue weighted by molar-refractivity contribution is 6.32. The molecule has 4 rings (SSSR count). The van der Waals surface area contributed by atoms with E-state index < -0.39 is 16.3 Å². The van der Waals surface area contributed by atoms with Gasteiger partial charge >= 0.3 is 5.63 Å². The van der Waals surface area contributed by atoms with Crippen molar-refractivity contribution in [1.82, 2.24) is 4.98 Å². The maximum Gasteiger partial charge on any atom is 0.363 e. The molecule has 7 nitrogen and oxygen atoms in total. The van der Waals surface area contributed by atoms with Crippen LogP contribution >= 0.6 is 0 Å². The van der Waals surface area contributed by atoms with E-state index in [1.165, 1.54) is 30.3 Å². The fourth-order valence-corrected chi connectivity index (χ4v) is 2.97. The van der Waals surface area contributed by atoms with E-state index >= 15 is 0 Å². The summed E-state index contributed by atoms with van der Waals surface area (Å²) in [7, 11) is 0. The van der Waals surface area contributed by atoms with E-state index in [9.17, 15) is 19.7 Å². The summed E-state index contributed by atoms with van der Waals surface area (Å²) in [6.07, 6.45) is 1.48. The standard InChI is InChI=1S/C23H14N2O5/c26-22(16-6-2-1-3-7-16)18(14-15-10-12-17(13-11-15)25(28)29)21-23(27)30-20-9-5-4-8-19(20)24-21/h1-14H. The van der Waals surface area contributed by atoms with Gasteiger partial charge in [0.2, 0.25) is 0 Å². The van der Waals surface area contributed by atoms with Crippen LogP contribution in [0.25, 0.3) is 22.7 Å². The third-order valence-corrected chi connectivity index (χ3v) is 4.44. The number of benzene rings is 3. The Kier molecular flexibility index (Phi) is 5.00. The lowest BCUT2D eigenvalue weighted by Gasteiger charge is -2.07. The number of ketones is 1. The Morgan fingerprint density at radius 2 is 1.60 bits per heavy atom. The van der Waals surface area contributed by atoms with Crippen LogP contribution in [0.2, 0.25) is 0 Å². The molecule has 0 aliphatic carbocycles. The van der Waals surface area contributed by atoms with Crippen LogP contribution in [0.5, 0.6) is 0 Å². The predicted octanol–water partition coefficient (Wildman–Crippen LogP) is 4.52. The smallest absolute Gasteiger partial charge is 0.363 e. The number of fused-ring (bicyclic) bond motifs is 1. The summed E-state index contributed by atoms with van der Waals surface area (Å²) in [5.41, 5.74) is 0.720.